The van der Waals surface area contributed by atoms with E-state index >= 15 is 0 Å². The summed E-state index contributed by atoms with van der Waals surface area (Å²) in [6.45, 7) is 3.89. The zero-order valence-corrected chi connectivity index (χ0v) is 11.4. The maximum absolute atomic E-state index is 11.3. The second kappa shape index (κ2) is 6.03. The first-order valence-corrected chi connectivity index (χ1v) is 7.10. The normalized spacial score (nSPS) is 11.5. The first-order valence-electron chi connectivity index (χ1n) is 5.55. The van der Waals surface area contributed by atoms with Gasteiger partial charge in [-0.15, -0.1) is 0 Å². The third-order valence-electron chi connectivity index (χ3n) is 2.55. The molecule has 0 aliphatic carbocycles. The van der Waals surface area contributed by atoms with Gasteiger partial charge < -0.3 is 15.4 Å². The molecule has 1 aromatic rings. The molecule has 0 unspecified atom stereocenters. The van der Waals surface area contributed by atoms with Crippen LogP contribution in [0.4, 0.5) is 11.4 Å². The average molecular weight is 273 g/mol. The lowest BCUT2D eigenvalue weighted by Crippen LogP contribution is -2.27. The first kappa shape index (κ1) is 14.7. The van der Waals surface area contributed by atoms with Gasteiger partial charge in [-0.25, -0.2) is 13.6 Å². The lowest BCUT2D eigenvalue weighted by atomic mass is 10.2. The summed E-state index contributed by atoms with van der Waals surface area (Å²) in [7, 11) is -2.13. The molecule has 0 saturated carbocycles. The second-order valence-electron chi connectivity index (χ2n) is 3.88. The van der Waals surface area contributed by atoms with Gasteiger partial charge in [-0.1, -0.05) is 0 Å². The maximum atomic E-state index is 11.3. The zero-order chi connectivity index (χ0) is 13.8. The molecule has 18 heavy (non-hydrogen) atoms. The lowest BCUT2D eigenvalue weighted by molar-refractivity contribution is 0.205. The number of rotatable bonds is 6. The molecule has 0 heterocycles. The van der Waals surface area contributed by atoms with E-state index in [1.807, 2.05) is 11.8 Å². The van der Waals surface area contributed by atoms with Crippen molar-refractivity contribution in [1.29, 1.82) is 0 Å². The van der Waals surface area contributed by atoms with Crippen molar-refractivity contribution in [3.05, 3.63) is 18.2 Å². The van der Waals surface area contributed by atoms with Crippen LogP contribution in [0, 0.1) is 0 Å². The third-order valence-corrected chi connectivity index (χ3v) is 3.45. The molecule has 0 aliphatic rings. The molecule has 7 heteroatoms. The van der Waals surface area contributed by atoms with E-state index in [-0.39, 0.29) is 4.90 Å². The Hall–Kier alpha value is -1.31. The number of nitrogens with zero attached hydrogens (tertiary/aromatic N) is 1. The average Bonchev–Trinajstić information content (AvgIpc) is 2.28. The smallest absolute Gasteiger partial charge is 0.238 e. The molecule has 0 spiro atoms. The molecule has 0 aliphatic heterocycles. The topological polar surface area (TPSA) is 98.7 Å². The summed E-state index contributed by atoms with van der Waals surface area (Å²) < 4.78 is 27.7. The number of hydrogen-bond acceptors (Lipinski definition) is 5. The minimum Gasteiger partial charge on any atom is -0.399 e. The van der Waals surface area contributed by atoms with E-state index in [4.69, 9.17) is 15.6 Å². The number of nitrogen functional groups attached to an aromatic ring is 1. The second-order valence-corrected chi connectivity index (χ2v) is 5.44. The lowest BCUT2D eigenvalue weighted by Gasteiger charge is -2.23. The Balaban J connectivity index is 3.11. The van der Waals surface area contributed by atoms with Gasteiger partial charge in [0.05, 0.1) is 11.5 Å². The number of likely N-dealkylation sites (N-methyl/N-ethyl adjacent to an activating group) is 1. The van der Waals surface area contributed by atoms with Gasteiger partial charge in [0.2, 0.25) is 10.0 Å². The Bertz CT molecular complexity index is 502. The number of methoxy groups -OCH3 is 1. The van der Waals surface area contributed by atoms with Crippen molar-refractivity contribution in [3.8, 4) is 0 Å². The number of anilines is 2. The summed E-state index contributed by atoms with van der Waals surface area (Å²) in [4.78, 5) is 1.99. The molecule has 0 radical (unpaired) electrons. The van der Waals surface area contributed by atoms with Crippen molar-refractivity contribution >= 4 is 21.4 Å². The molecule has 0 bridgehead atoms. The van der Waals surface area contributed by atoms with E-state index in [1.54, 1.807) is 13.2 Å². The predicted octanol–water partition coefficient (Wildman–Crippen LogP) is 0.389. The highest BCUT2D eigenvalue weighted by molar-refractivity contribution is 7.89. The SMILES string of the molecule is CCN(CCOC)c1cc(N)cc(S(N)(=O)=O)c1. The van der Waals surface area contributed by atoms with Gasteiger partial charge in [0.1, 0.15) is 0 Å². The molecule has 0 amide bonds. The van der Waals surface area contributed by atoms with E-state index in [1.165, 1.54) is 12.1 Å². The van der Waals surface area contributed by atoms with E-state index in [2.05, 4.69) is 0 Å². The van der Waals surface area contributed by atoms with Crippen molar-refractivity contribution < 1.29 is 13.2 Å². The summed E-state index contributed by atoms with van der Waals surface area (Å²) in [5.74, 6) is 0. The van der Waals surface area contributed by atoms with Gasteiger partial charge >= 0.3 is 0 Å². The fourth-order valence-corrected chi connectivity index (χ4v) is 2.21. The van der Waals surface area contributed by atoms with E-state index < -0.39 is 10.0 Å². The number of ether oxygens (including phenoxy) is 1. The van der Waals surface area contributed by atoms with Crippen LogP contribution >= 0.6 is 0 Å². The molecule has 102 valence electrons. The highest BCUT2D eigenvalue weighted by Gasteiger charge is 2.12. The van der Waals surface area contributed by atoms with E-state index in [0.717, 1.165) is 12.2 Å². The van der Waals surface area contributed by atoms with Crippen LogP contribution in [-0.4, -0.2) is 35.2 Å². The van der Waals surface area contributed by atoms with Crippen LogP contribution < -0.4 is 15.8 Å². The zero-order valence-electron chi connectivity index (χ0n) is 10.6. The molecule has 1 rings (SSSR count). The van der Waals surface area contributed by atoms with E-state index in [0.29, 0.717) is 18.8 Å². The van der Waals surface area contributed by atoms with Gasteiger partial charge in [0, 0.05) is 31.6 Å². The van der Waals surface area contributed by atoms with Gasteiger partial charge in [-0.05, 0) is 25.1 Å². The summed E-state index contributed by atoms with van der Waals surface area (Å²) in [5, 5.41) is 5.11. The third kappa shape index (κ3) is 3.86. The van der Waals surface area contributed by atoms with Crippen LogP contribution in [0.15, 0.2) is 23.1 Å². The molecule has 0 saturated heterocycles. The summed E-state index contributed by atoms with van der Waals surface area (Å²) >= 11 is 0. The Kier molecular flexibility index (Phi) is 4.94. The fraction of sp³-hybridized carbons (Fsp3) is 0.455. The Labute approximate surface area is 108 Å². The number of benzene rings is 1. The standard InChI is InChI=1S/C11H19N3O3S/c1-3-14(4-5-17-2)10-6-9(12)7-11(8-10)18(13,15)16/h6-8H,3-5,12H2,1-2H3,(H2,13,15,16). The summed E-state index contributed by atoms with van der Waals surface area (Å²) in [5.41, 5.74) is 6.79. The Morgan fingerprint density at radius 2 is 2.00 bits per heavy atom. The number of primary sulfonamides is 1. The van der Waals surface area contributed by atoms with Gasteiger partial charge in [0.15, 0.2) is 0 Å². The van der Waals surface area contributed by atoms with Crippen LogP contribution in [0.1, 0.15) is 6.92 Å². The minimum absolute atomic E-state index is 0.0216. The largest absolute Gasteiger partial charge is 0.399 e. The minimum atomic E-state index is -3.75. The van der Waals surface area contributed by atoms with Crippen LogP contribution in [0.5, 0.6) is 0 Å². The van der Waals surface area contributed by atoms with Crippen LogP contribution in [0.25, 0.3) is 0 Å². The molecule has 6 nitrogen and oxygen atoms in total. The highest BCUT2D eigenvalue weighted by Crippen LogP contribution is 2.22. The van der Waals surface area contributed by atoms with Gasteiger partial charge in [-0.3, -0.25) is 0 Å². The number of sulfonamides is 1. The molecular formula is C11H19N3O3S. The van der Waals surface area contributed by atoms with Gasteiger partial charge in [-0.2, -0.15) is 0 Å². The monoisotopic (exact) mass is 273 g/mol. The van der Waals surface area contributed by atoms with Crippen LogP contribution in [0.2, 0.25) is 0 Å². The Morgan fingerprint density at radius 3 is 2.50 bits per heavy atom. The van der Waals surface area contributed by atoms with Gasteiger partial charge in [0.25, 0.3) is 0 Å². The van der Waals surface area contributed by atoms with Crippen molar-refractivity contribution in [2.45, 2.75) is 11.8 Å². The Morgan fingerprint density at radius 1 is 1.33 bits per heavy atom. The molecule has 0 aromatic heterocycles. The molecule has 4 N–H and O–H groups in total. The predicted molar refractivity (Wildman–Crippen MR) is 72.0 cm³/mol. The van der Waals surface area contributed by atoms with Crippen molar-refractivity contribution in [1.82, 2.24) is 0 Å². The van der Waals surface area contributed by atoms with Crippen LogP contribution in [0.3, 0.4) is 0 Å². The quantitative estimate of drug-likeness (QED) is 0.730. The van der Waals surface area contributed by atoms with Crippen molar-refractivity contribution in [2.75, 3.05) is 37.4 Å². The first-order chi connectivity index (χ1) is 8.38. The van der Waals surface area contributed by atoms with Crippen molar-refractivity contribution in [3.63, 3.8) is 0 Å². The molecular weight excluding hydrogens is 254 g/mol. The van der Waals surface area contributed by atoms with E-state index in [9.17, 15) is 8.42 Å². The maximum Gasteiger partial charge on any atom is 0.238 e. The van der Waals surface area contributed by atoms with Crippen LogP contribution in [-0.2, 0) is 14.8 Å². The molecule has 1 aromatic carbocycles. The molecule has 0 fully saturated rings. The highest BCUT2D eigenvalue weighted by atomic mass is 32.2. The van der Waals surface area contributed by atoms with Crippen molar-refractivity contribution in [2.24, 2.45) is 5.14 Å². The number of hydrogen-bond donors (Lipinski definition) is 2. The summed E-state index contributed by atoms with van der Waals surface area (Å²) in [6, 6.07) is 4.59. The summed E-state index contributed by atoms with van der Waals surface area (Å²) in [6.07, 6.45) is 0. The number of nitrogens with two attached hydrogens (primary N) is 2. The fourth-order valence-electron chi connectivity index (χ4n) is 1.62. The molecule has 0 atom stereocenters.